The van der Waals surface area contributed by atoms with E-state index in [2.05, 4.69) is 4.98 Å². The molecule has 0 saturated carbocycles. The molecule has 0 aliphatic carbocycles. The monoisotopic (exact) mass is 311 g/mol. The molecule has 0 aliphatic rings. The van der Waals surface area contributed by atoms with Crippen LogP contribution in [0.25, 0.3) is 0 Å². The van der Waals surface area contributed by atoms with E-state index in [0.29, 0.717) is 3.57 Å². The van der Waals surface area contributed by atoms with Crippen LogP contribution in [0.4, 0.5) is 0 Å². The topological polar surface area (TPSA) is 47.0 Å². The summed E-state index contributed by atoms with van der Waals surface area (Å²) < 4.78 is 24.0. The van der Waals surface area contributed by atoms with Crippen LogP contribution in [-0.4, -0.2) is 18.7 Å². The molecule has 0 amide bonds. The molecule has 0 aliphatic heterocycles. The fourth-order valence-corrected chi connectivity index (χ4v) is 3.07. The van der Waals surface area contributed by atoms with Gasteiger partial charge in [0.05, 0.1) is 8.82 Å². The molecule has 0 aromatic carbocycles. The van der Waals surface area contributed by atoms with E-state index in [4.69, 9.17) is 0 Å². The molecule has 0 N–H and O–H groups in total. The van der Waals surface area contributed by atoms with Gasteiger partial charge in [-0.3, -0.25) is 0 Å². The number of halogens is 1. The smallest absolute Gasteiger partial charge is 0.198 e. The van der Waals surface area contributed by atoms with Crippen LogP contribution < -0.4 is 0 Å². The number of hydrogen-bond acceptors (Lipinski definition) is 3. The van der Waals surface area contributed by atoms with Gasteiger partial charge in [-0.15, -0.1) is 0 Å². The molecular formula is C8H10INO2S. The van der Waals surface area contributed by atoms with Gasteiger partial charge < -0.3 is 0 Å². The lowest BCUT2D eigenvalue weighted by molar-refractivity contribution is 0.583. The van der Waals surface area contributed by atoms with E-state index in [0.717, 1.165) is 0 Å². The lowest BCUT2D eigenvalue weighted by atomic mass is 10.5. The fourth-order valence-electron chi connectivity index (χ4n) is 0.804. The van der Waals surface area contributed by atoms with Gasteiger partial charge in [-0.05, 0) is 48.6 Å². The van der Waals surface area contributed by atoms with Gasteiger partial charge in [0.1, 0.15) is 0 Å². The van der Waals surface area contributed by atoms with Gasteiger partial charge in [0, 0.05) is 6.20 Å². The van der Waals surface area contributed by atoms with E-state index in [9.17, 15) is 8.42 Å². The van der Waals surface area contributed by atoms with Gasteiger partial charge in [-0.25, -0.2) is 13.4 Å². The lowest BCUT2D eigenvalue weighted by Gasteiger charge is -2.07. The molecule has 0 atom stereocenters. The van der Waals surface area contributed by atoms with Crippen LogP contribution in [0, 0.1) is 3.57 Å². The summed E-state index contributed by atoms with van der Waals surface area (Å²) in [5.41, 5.74) is 0. The molecule has 72 valence electrons. The van der Waals surface area contributed by atoms with E-state index >= 15 is 0 Å². The summed E-state index contributed by atoms with van der Waals surface area (Å²) in [6.45, 7) is 3.31. The second-order valence-corrected chi connectivity index (χ2v) is 6.47. The number of pyridine rings is 1. The van der Waals surface area contributed by atoms with Crippen molar-refractivity contribution in [1.82, 2.24) is 4.98 Å². The van der Waals surface area contributed by atoms with Crippen LogP contribution in [0.1, 0.15) is 13.8 Å². The Hall–Kier alpha value is -0.170. The van der Waals surface area contributed by atoms with Gasteiger partial charge >= 0.3 is 0 Å². The first-order chi connectivity index (χ1) is 5.96. The Kier molecular flexibility index (Phi) is 3.28. The molecule has 0 spiro atoms. The first kappa shape index (κ1) is 10.9. The minimum Gasteiger partial charge on any atom is -0.244 e. The summed E-state index contributed by atoms with van der Waals surface area (Å²) >= 11 is 1.98. The molecule has 13 heavy (non-hydrogen) atoms. The molecule has 0 saturated heterocycles. The minimum atomic E-state index is -3.23. The van der Waals surface area contributed by atoms with E-state index in [1.807, 2.05) is 22.6 Å². The Morgan fingerprint density at radius 1 is 1.46 bits per heavy atom. The molecule has 3 nitrogen and oxygen atoms in total. The summed E-state index contributed by atoms with van der Waals surface area (Å²) in [4.78, 5) is 3.88. The molecular weight excluding hydrogens is 301 g/mol. The highest BCUT2D eigenvalue weighted by molar-refractivity contribution is 14.1. The van der Waals surface area contributed by atoms with Crippen LogP contribution in [-0.2, 0) is 9.84 Å². The van der Waals surface area contributed by atoms with Crippen LogP contribution in [0.3, 0.4) is 0 Å². The van der Waals surface area contributed by atoms with Crippen molar-refractivity contribution in [2.75, 3.05) is 0 Å². The first-order valence-corrected chi connectivity index (χ1v) is 6.43. The normalized spacial score (nSPS) is 12.0. The van der Waals surface area contributed by atoms with Crippen LogP contribution in [0.15, 0.2) is 23.4 Å². The second kappa shape index (κ2) is 3.91. The van der Waals surface area contributed by atoms with Crippen molar-refractivity contribution in [1.29, 1.82) is 0 Å². The summed E-state index contributed by atoms with van der Waals surface area (Å²) in [6.07, 6.45) is 1.50. The van der Waals surface area contributed by atoms with Crippen molar-refractivity contribution in [3.05, 3.63) is 21.9 Å². The van der Waals surface area contributed by atoms with E-state index in [1.54, 1.807) is 26.0 Å². The highest BCUT2D eigenvalue weighted by atomic mass is 127. The van der Waals surface area contributed by atoms with E-state index in [1.165, 1.54) is 6.20 Å². The molecule has 1 aromatic rings. The van der Waals surface area contributed by atoms with Gasteiger partial charge in [0.2, 0.25) is 0 Å². The predicted octanol–water partition coefficient (Wildman–Crippen LogP) is 1.87. The third-order valence-electron chi connectivity index (χ3n) is 1.61. The zero-order valence-electron chi connectivity index (χ0n) is 7.36. The third-order valence-corrected chi connectivity index (χ3v) is 4.96. The maximum absolute atomic E-state index is 11.7. The Morgan fingerprint density at radius 3 is 2.54 bits per heavy atom. The van der Waals surface area contributed by atoms with Gasteiger partial charge in [0.25, 0.3) is 0 Å². The largest absolute Gasteiger partial charge is 0.244 e. The van der Waals surface area contributed by atoms with Crippen LogP contribution in [0.5, 0.6) is 0 Å². The van der Waals surface area contributed by atoms with Gasteiger partial charge in [0.15, 0.2) is 14.9 Å². The number of rotatable bonds is 2. The van der Waals surface area contributed by atoms with Crippen molar-refractivity contribution in [3.8, 4) is 0 Å². The average Bonchev–Trinajstić information content (AvgIpc) is 2.04. The molecule has 0 radical (unpaired) electrons. The summed E-state index contributed by atoms with van der Waals surface area (Å²) in [6, 6.07) is 3.46. The molecule has 0 unspecified atom stereocenters. The van der Waals surface area contributed by atoms with Crippen LogP contribution >= 0.6 is 22.6 Å². The van der Waals surface area contributed by atoms with E-state index in [-0.39, 0.29) is 5.03 Å². The van der Waals surface area contributed by atoms with Crippen molar-refractivity contribution < 1.29 is 8.42 Å². The molecule has 5 heteroatoms. The standard InChI is InChI=1S/C8H10INO2S/c1-6(2)13(11,12)8-7(9)4-3-5-10-8/h3-6H,1-2H3. The second-order valence-electron chi connectivity index (χ2n) is 2.88. The molecule has 1 aromatic heterocycles. The molecule has 1 heterocycles. The van der Waals surface area contributed by atoms with Crippen molar-refractivity contribution >= 4 is 32.4 Å². The zero-order valence-corrected chi connectivity index (χ0v) is 10.3. The number of sulfone groups is 1. The maximum atomic E-state index is 11.7. The summed E-state index contributed by atoms with van der Waals surface area (Å²) in [7, 11) is -3.23. The highest BCUT2D eigenvalue weighted by Crippen LogP contribution is 2.18. The quantitative estimate of drug-likeness (QED) is 0.783. The first-order valence-electron chi connectivity index (χ1n) is 3.80. The molecule has 1 rings (SSSR count). The molecule has 0 bridgehead atoms. The van der Waals surface area contributed by atoms with Crippen LogP contribution in [0.2, 0.25) is 0 Å². The number of hydrogen-bond donors (Lipinski definition) is 0. The fraction of sp³-hybridized carbons (Fsp3) is 0.375. The predicted molar refractivity (Wildman–Crippen MR) is 59.3 cm³/mol. The molecule has 0 fully saturated rings. The van der Waals surface area contributed by atoms with E-state index < -0.39 is 15.1 Å². The van der Waals surface area contributed by atoms with Gasteiger partial charge in [-0.1, -0.05) is 0 Å². The van der Waals surface area contributed by atoms with Crippen molar-refractivity contribution in [2.45, 2.75) is 24.1 Å². The van der Waals surface area contributed by atoms with Gasteiger partial charge in [-0.2, -0.15) is 0 Å². The Labute approximate surface area is 91.6 Å². The summed E-state index contributed by atoms with van der Waals surface area (Å²) in [5.74, 6) is 0. The Balaban J connectivity index is 3.32. The van der Waals surface area contributed by atoms with Crippen molar-refractivity contribution in [3.63, 3.8) is 0 Å². The maximum Gasteiger partial charge on any atom is 0.198 e. The Bertz CT molecular complexity index is 400. The SMILES string of the molecule is CC(C)S(=O)(=O)c1ncccc1I. The number of aromatic nitrogens is 1. The van der Waals surface area contributed by atoms with Crippen molar-refractivity contribution in [2.24, 2.45) is 0 Å². The highest BCUT2D eigenvalue weighted by Gasteiger charge is 2.22. The summed E-state index contributed by atoms with van der Waals surface area (Å²) in [5, 5.41) is -0.235. The average molecular weight is 311 g/mol. The third kappa shape index (κ3) is 2.19. The zero-order chi connectivity index (χ0) is 10.1. The minimum absolute atomic E-state index is 0.186. The number of nitrogens with zero attached hydrogens (tertiary/aromatic N) is 1. The lowest BCUT2D eigenvalue weighted by Crippen LogP contribution is -2.16. The Morgan fingerprint density at radius 2 is 2.08 bits per heavy atom.